The molecule has 0 saturated carbocycles. The normalized spacial score (nSPS) is 12.1. The van der Waals surface area contributed by atoms with Crippen LogP contribution < -0.4 is 10.6 Å². The minimum atomic E-state index is -0.353. The van der Waals surface area contributed by atoms with Gasteiger partial charge in [-0.2, -0.15) is 0 Å². The first-order chi connectivity index (χ1) is 12.5. The van der Waals surface area contributed by atoms with Gasteiger partial charge in [0, 0.05) is 6.54 Å². The lowest BCUT2D eigenvalue weighted by Gasteiger charge is -2.22. The van der Waals surface area contributed by atoms with Crippen LogP contribution in [0, 0.1) is 0 Å². The molecule has 0 spiro atoms. The zero-order valence-corrected chi connectivity index (χ0v) is 15.2. The fraction of sp³-hybridized carbons (Fsp3) is 0.222. The lowest BCUT2D eigenvalue weighted by Crippen LogP contribution is -2.34. The molecule has 0 aromatic carbocycles. The van der Waals surface area contributed by atoms with E-state index in [1.807, 2.05) is 31.1 Å². The molecule has 3 rings (SSSR count). The predicted octanol–water partition coefficient (Wildman–Crippen LogP) is 3.22. The molecule has 0 aliphatic rings. The molecular formula is C18H19N3O4S. The maximum Gasteiger partial charge on any atom is 0.291 e. The number of nitrogens with one attached hydrogen (secondary N) is 2. The summed E-state index contributed by atoms with van der Waals surface area (Å²) in [7, 11) is 3.85. The maximum atomic E-state index is 12.4. The molecule has 2 amide bonds. The van der Waals surface area contributed by atoms with Gasteiger partial charge in [0.05, 0.1) is 28.4 Å². The van der Waals surface area contributed by atoms with Crippen molar-refractivity contribution in [1.29, 1.82) is 0 Å². The van der Waals surface area contributed by atoms with Gasteiger partial charge in [0.1, 0.15) is 5.76 Å². The van der Waals surface area contributed by atoms with Gasteiger partial charge in [0.25, 0.3) is 11.8 Å². The van der Waals surface area contributed by atoms with E-state index in [1.165, 1.54) is 17.6 Å². The van der Waals surface area contributed by atoms with E-state index in [-0.39, 0.29) is 23.6 Å². The Morgan fingerprint density at radius 2 is 1.85 bits per heavy atom. The van der Waals surface area contributed by atoms with Crippen LogP contribution in [0.15, 0.2) is 57.8 Å². The Morgan fingerprint density at radius 3 is 2.50 bits per heavy atom. The van der Waals surface area contributed by atoms with Gasteiger partial charge in [0.15, 0.2) is 5.76 Å². The number of nitrogens with zero attached hydrogens (tertiary/aromatic N) is 1. The molecule has 0 fully saturated rings. The molecule has 3 heterocycles. The van der Waals surface area contributed by atoms with Gasteiger partial charge in [-0.15, -0.1) is 11.3 Å². The average molecular weight is 373 g/mol. The van der Waals surface area contributed by atoms with E-state index >= 15 is 0 Å². The fourth-order valence-electron chi connectivity index (χ4n) is 2.40. The van der Waals surface area contributed by atoms with E-state index in [2.05, 4.69) is 10.6 Å². The molecule has 1 unspecified atom stereocenters. The van der Waals surface area contributed by atoms with Gasteiger partial charge in [-0.3, -0.25) is 14.5 Å². The third-order valence-electron chi connectivity index (χ3n) is 3.76. The first kappa shape index (κ1) is 18.0. The number of hydrogen-bond acceptors (Lipinski definition) is 6. The quantitative estimate of drug-likeness (QED) is 0.664. The van der Waals surface area contributed by atoms with E-state index in [1.54, 1.807) is 30.5 Å². The minimum Gasteiger partial charge on any atom is -0.468 e. The van der Waals surface area contributed by atoms with Crippen molar-refractivity contribution in [3.05, 3.63) is 65.3 Å². The van der Waals surface area contributed by atoms with Gasteiger partial charge >= 0.3 is 0 Å². The number of likely N-dealkylation sites (N-methyl/N-ethyl adjacent to an activating group) is 1. The SMILES string of the molecule is CN(C)C(CNC(=O)c1ccc(NC(=O)c2ccco2)s1)c1ccco1. The van der Waals surface area contributed by atoms with Crippen LogP contribution in [-0.2, 0) is 0 Å². The summed E-state index contributed by atoms with van der Waals surface area (Å²) in [5.74, 6) is 0.450. The average Bonchev–Trinajstić information content (AvgIpc) is 3.36. The number of anilines is 1. The summed E-state index contributed by atoms with van der Waals surface area (Å²) in [6.45, 7) is 0.408. The van der Waals surface area contributed by atoms with Crippen LogP contribution in [-0.4, -0.2) is 37.4 Å². The number of carbonyl (C=O) groups excluding carboxylic acids is 2. The fourth-order valence-corrected chi connectivity index (χ4v) is 3.22. The summed E-state index contributed by atoms with van der Waals surface area (Å²) in [4.78, 5) is 26.8. The Bertz CT molecular complexity index is 853. The summed E-state index contributed by atoms with van der Waals surface area (Å²) >= 11 is 1.20. The second kappa shape index (κ2) is 8.03. The van der Waals surface area contributed by atoms with E-state index < -0.39 is 0 Å². The summed E-state index contributed by atoms with van der Waals surface area (Å²) in [5.41, 5.74) is 0. The number of rotatable bonds is 7. The Kier molecular flexibility index (Phi) is 5.55. The van der Waals surface area contributed by atoms with Crippen molar-refractivity contribution < 1.29 is 18.4 Å². The monoisotopic (exact) mass is 373 g/mol. The first-order valence-corrected chi connectivity index (χ1v) is 8.79. The van der Waals surface area contributed by atoms with Crippen molar-refractivity contribution in [3.63, 3.8) is 0 Å². The van der Waals surface area contributed by atoms with Crippen molar-refractivity contribution in [2.24, 2.45) is 0 Å². The number of thiophene rings is 1. The lowest BCUT2D eigenvalue weighted by molar-refractivity contribution is 0.0942. The predicted molar refractivity (Wildman–Crippen MR) is 98.4 cm³/mol. The topological polar surface area (TPSA) is 87.7 Å². The number of amides is 2. The zero-order chi connectivity index (χ0) is 18.5. The standard InChI is InChI=1S/C18H19N3O4S/c1-21(2)12(13-5-3-9-24-13)11-19-18(23)15-7-8-16(26-15)20-17(22)14-6-4-10-25-14/h3-10,12H,11H2,1-2H3,(H,19,23)(H,20,22). The van der Waals surface area contributed by atoms with E-state index in [4.69, 9.17) is 8.83 Å². The Balaban J connectivity index is 1.58. The van der Waals surface area contributed by atoms with E-state index in [0.717, 1.165) is 5.76 Å². The molecule has 2 N–H and O–H groups in total. The van der Waals surface area contributed by atoms with Crippen LogP contribution in [0.5, 0.6) is 0 Å². The molecule has 0 saturated heterocycles. The summed E-state index contributed by atoms with van der Waals surface area (Å²) < 4.78 is 10.5. The van der Waals surface area contributed by atoms with Crippen molar-refractivity contribution >= 4 is 28.2 Å². The summed E-state index contributed by atoms with van der Waals surface area (Å²) in [6.07, 6.45) is 3.04. The highest BCUT2D eigenvalue weighted by atomic mass is 32.1. The van der Waals surface area contributed by atoms with E-state index in [9.17, 15) is 9.59 Å². The van der Waals surface area contributed by atoms with Gasteiger partial charge in [-0.1, -0.05) is 0 Å². The summed E-state index contributed by atoms with van der Waals surface area (Å²) in [6, 6.07) is 10.2. The highest BCUT2D eigenvalue weighted by molar-refractivity contribution is 7.18. The highest BCUT2D eigenvalue weighted by Gasteiger charge is 2.19. The van der Waals surface area contributed by atoms with Gasteiger partial charge in [0.2, 0.25) is 0 Å². The van der Waals surface area contributed by atoms with Crippen molar-refractivity contribution in [3.8, 4) is 0 Å². The number of hydrogen-bond donors (Lipinski definition) is 2. The molecule has 26 heavy (non-hydrogen) atoms. The third kappa shape index (κ3) is 4.22. The van der Waals surface area contributed by atoms with Crippen LogP contribution >= 0.6 is 11.3 Å². The molecule has 0 bridgehead atoms. The molecule has 7 nitrogen and oxygen atoms in total. The highest BCUT2D eigenvalue weighted by Crippen LogP contribution is 2.23. The minimum absolute atomic E-state index is 0.0629. The molecule has 3 aromatic rings. The molecule has 136 valence electrons. The Morgan fingerprint density at radius 1 is 1.08 bits per heavy atom. The first-order valence-electron chi connectivity index (χ1n) is 7.97. The van der Waals surface area contributed by atoms with Crippen LogP contribution in [0.2, 0.25) is 0 Å². The number of carbonyl (C=O) groups is 2. The summed E-state index contributed by atoms with van der Waals surface area (Å²) in [5, 5.41) is 6.18. The van der Waals surface area contributed by atoms with Crippen molar-refractivity contribution in [2.75, 3.05) is 26.0 Å². The van der Waals surface area contributed by atoms with Crippen LogP contribution in [0.3, 0.4) is 0 Å². The largest absolute Gasteiger partial charge is 0.468 e. The Hall–Kier alpha value is -2.84. The molecule has 1 atom stereocenters. The molecule has 0 aliphatic heterocycles. The van der Waals surface area contributed by atoms with Gasteiger partial charge in [-0.05, 0) is 50.5 Å². The molecule has 8 heteroatoms. The molecule has 3 aromatic heterocycles. The second-order valence-electron chi connectivity index (χ2n) is 5.80. The van der Waals surface area contributed by atoms with Crippen molar-refractivity contribution in [2.45, 2.75) is 6.04 Å². The van der Waals surface area contributed by atoms with E-state index in [0.29, 0.717) is 16.4 Å². The van der Waals surface area contributed by atoms with Crippen molar-refractivity contribution in [1.82, 2.24) is 10.2 Å². The van der Waals surface area contributed by atoms with Gasteiger partial charge in [-0.25, -0.2) is 0 Å². The number of furan rings is 2. The van der Waals surface area contributed by atoms with Crippen LogP contribution in [0.1, 0.15) is 32.0 Å². The molecule has 0 aliphatic carbocycles. The maximum absolute atomic E-state index is 12.4. The molecule has 0 radical (unpaired) electrons. The third-order valence-corrected chi connectivity index (χ3v) is 4.76. The Labute approximate surface area is 154 Å². The second-order valence-corrected chi connectivity index (χ2v) is 6.88. The van der Waals surface area contributed by atoms with Crippen LogP contribution in [0.4, 0.5) is 5.00 Å². The van der Waals surface area contributed by atoms with Crippen LogP contribution in [0.25, 0.3) is 0 Å². The molecular weight excluding hydrogens is 354 g/mol. The van der Waals surface area contributed by atoms with Gasteiger partial charge < -0.3 is 19.5 Å². The lowest BCUT2D eigenvalue weighted by atomic mass is 10.2. The smallest absolute Gasteiger partial charge is 0.291 e. The zero-order valence-electron chi connectivity index (χ0n) is 14.4.